The van der Waals surface area contributed by atoms with E-state index >= 15 is 0 Å². The van der Waals surface area contributed by atoms with E-state index in [1.54, 1.807) is 0 Å². The summed E-state index contributed by atoms with van der Waals surface area (Å²) in [6.07, 6.45) is 1.96. The lowest BCUT2D eigenvalue weighted by Gasteiger charge is -2.22. The Morgan fingerprint density at radius 3 is 2.79 bits per heavy atom. The number of hydrogen-bond donors (Lipinski definition) is 3. The number of carbonyl (C=O) groups is 1. The molecule has 0 spiro atoms. The van der Waals surface area contributed by atoms with Crippen molar-refractivity contribution in [3.05, 3.63) is 23.3 Å². The number of hydrogen-bond acceptors (Lipinski definition) is 3. The van der Waals surface area contributed by atoms with Crippen LogP contribution in [0.25, 0.3) is 0 Å². The molecule has 0 aliphatic carbocycles. The molecule has 106 valence electrons. The zero-order valence-electron chi connectivity index (χ0n) is 11.3. The Morgan fingerprint density at radius 2 is 2.16 bits per heavy atom. The summed E-state index contributed by atoms with van der Waals surface area (Å²) in [7, 11) is 0. The van der Waals surface area contributed by atoms with Crippen LogP contribution < -0.4 is 10.6 Å². The van der Waals surface area contributed by atoms with Gasteiger partial charge in [0.25, 0.3) is 0 Å². The molecule has 0 aromatic heterocycles. The van der Waals surface area contributed by atoms with Crippen LogP contribution in [0.3, 0.4) is 0 Å². The summed E-state index contributed by atoms with van der Waals surface area (Å²) in [5.74, 6) is 0.324. The Balaban J connectivity index is 0.00000180. The van der Waals surface area contributed by atoms with Crippen LogP contribution in [0.4, 0.5) is 5.69 Å². The predicted octanol–water partition coefficient (Wildman–Crippen LogP) is 2.37. The number of nitrogens with one attached hydrogen (secondary N) is 2. The van der Waals surface area contributed by atoms with Gasteiger partial charge in [0.05, 0.1) is 5.92 Å². The minimum atomic E-state index is 0. The maximum Gasteiger partial charge on any atom is 0.228 e. The first-order valence-electron chi connectivity index (χ1n) is 6.40. The molecule has 1 fully saturated rings. The smallest absolute Gasteiger partial charge is 0.228 e. The van der Waals surface area contributed by atoms with Crippen LogP contribution in [0.1, 0.15) is 24.0 Å². The minimum absolute atomic E-state index is 0. The van der Waals surface area contributed by atoms with Crippen molar-refractivity contribution in [2.75, 3.05) is 18.4 Å². The number of halogens is 1. The van der Waals surface area contributed by atoms with Gasteiger partial charge in [-0.3, -0.25) is 4.79 Å². The lowest BCUT2D eigenvalue weighted by Crippen LogP contribution is -2.37. The predicted molar refractivity (Wildman–Crippen MR) is 79.1 cm³/mol. The molecule has 3 N–H and O–H groups in total. The average Bonchev–Trinajstić information content (AvgIpc) is 2.40. The van der Waals surface area contributed by atoms with Gasteiger partial charge in [0.1, 0.15) is 5.75 Å². The summed E-state index contributed by atoms with van der Waals surface area (Å²) in [4.78, 5) is 12.1. The maximum atomic E-state index is 12.1. The highest BCUT2D eigenvalue weighted by atomic mass is 35.5. The van der Waals surface area contributed by atoms with E-state index in [4.69, 9.17) is 0 Å². The molecule has 0 radical (unpaired) electrons. The molecule has 5 heteroatoms. The van der Waals surface area contributed by atoms with Gasteiger partial charge < -0.3 is 15.7 Å². The molecular weight excluding hydrogens is 264 g/mol. The number of carbonyl (C=O) groups excluding carboxylic acids is 1. The van der Waals surface area contributed by atoms with E-state index in [0.29, 0.717) is 5.69 Å². The fourth-order valence-electron chi connectivity index (χ4n) is 2.28. The average molecular weight is 285 g/mol. The standard InChI is InChI=1S/C14H20N2O2.ClH/c1-9-5-6-12(10(2)13(9)17)16-14(18)11-4-3-7-15-8-11;/h5-6,11,15,17H,3-4,7-8H2,1-2H3,(H,16,18);1H. The van der Waals surface area contributed by atoms with Crippen LogP contribution in [0, 0.1) is 19.8 Å². The third-order valence-corrected chi connectivity index (χ3v) is 3.56. The second kappa shape index (κ2) is 6.78. The molecule has 1 aliphatic heterocycles. The number of amides is 1. The zero-order chi connectivity index (χ0) is 13.1. The van der Waals surface area contributed by atoms with Crippen molar-refractivity contribution >= 4 is 24.0 Å². The molecule has 1 saturated heterocycles. The van der Waals surface area contributed by atoms with Crippen molar-refractivity contribution in [2.45, 2.75) is 26.7 Å². The summed E-state index contributed by atoms with van der Waals surface area (Å²) in [6.45, 7) is 5.40. The van der Waals surface area contributed by atoms with Gasteiger partial charge in [0, 0.05) is 17.8 Å². The number of phenolic OH excluding ortho intramolecular Hbond substituents is 1. The van der Waals surface area contributed by atoms with E-state index in [2.05, 4.69) is 10.6 Å². The normalized spacial score (nSPS) is 18.5. The summed E-state index contributed by atoms with van der Waals surface area (Å²) < 4.78 is 0. The summed E-state index contributed by atoms with van der Waals surface area (Å²) in [5, 5.41) is 16.0. The number of benzene rings is 1. The van der Waals surface area contributed by atoms with Crippen LogP contribution in [0.15, 0.2) is 12.1 Å². The lowest BCUT2D eigenvalue weighted by atomic mass is 9.98. The van der Waals surface area contributed by atoms with E-state index in [-0.39, 0.29) is 30.0 Å². The largest absolute Gasteiger partial charge is 0.507 e. The van der Waals surface area contributed by atoms with Crippen molar-refractivity contribution in [3.63, 3.8) is 0 Å². The topological polar surface area (TPSA) is 61.4 Å². The van der Waals surface area contributed by atoms with Gasteiger partial charge in [-0.1, -0.05) is 6.07 Å². The van der Waals surface area contributed by atoms with Gasteiger partial charge in [-0.15, -0.1) is 12.4 Å². The van der Waals surface area contributed by atoms with Crippen molar-refractivity contribution < 1.29 is 9.90 Å². The number of rotatable bonds is 2. The fraction of sp³-hybridized carbons (Fsp3) is 0.500. The third kappa shape index (κ3) is 3.61. The second-order valence-electron chi connectivity index (χ2n) is 4.94. The Hall–Kier alpha value is -1.26. The van der Waals surface area contributed by atoms with E-state index < -0.39 is 0 Å². The molecule has 0 saturated carbocycles. The van der Waals surface area contributed by atoms with Gasteiger partial charge in [0.2, 0.25) is 5.91 Å². The second-order valence-corrected chi connectivity index (χ2v) is 4.94. The molecule has 1 unspecified atom stereocenters. The van der Waals surface area contributed by atoms with E-state index in [1.165, 1.54) is 0 Å². The van der Waals surface area contributed by atoms with Crippen molar-refractivity contribution in [1.29, 1.82) is 0 Å². The van der Waals surface area contributed by atoms with Gasteiger partial charge in [-0.2, -0.15) is 0 Å². The first-order valence-corrected chi connectivity index (χ1v) is 6.40. The van der Waals surface area contributed by atoms with Crippen LogP contribution in [0.2, 0.25) is 0 Å². The highest BCUT2D eigenvalue weighted by Gasteiger charge is 2.21. The van der Waals surface area contributed by atoms with Gasteiger partial charge >= 0.3 is 0 Å². The summed E-state index contributed by atoms with van der Waals surface area (Å²) in [6, 6.07) is 3.66. The molecule has 19 heavy (non-hydrogen) atoms. The highest BCUT2D eigenvalue weighted by molar-refractivity contribution is 5.93. The molecule has 2 rings (SSSR count). The van der Waals surface area contributed by atoms with Crippen LogP contribution in [-0.4, -0.2) is 24.1 Å². The minimum Gasteiger partial charge on any atom is -0.507 e. The summed E-state index contributed by atoms with van der Waals surface area (Å²) in [5.41, 5.74) is 2.26. The van der Waals surface area contributed by atoms with Crippen LogP contribution in [0.5, 0.6) is 5.75 Å². The fourth-order valence-corrected chi connectivity index (χ4v) is 2.28. The number of anilines is 1. The van der Waals surface area contributed by atoms with E-state index in [1.807, 2.05) is 26.0 Å². The monoisotopic (exact) mass is 284 g/mol. The molecule has 4 nitrogen and oxygen atoms in total. The first-order chi connectivity index (χ1) is 8.59. The Kier molecular flexibility index (Phi) is 5.63. The Bertz CT molecular complexity index is 457. The number of aryl methyl sites for hydroxylation is 1. The van der Waals surface area contributed by atoms with Gasteiger partial charge in [-0.05, 0) is 44.9 Å². The van der Waals surface area contributed by atoms with Crippen LogP contribution >= 0.6 is 12.4 Å². The molecule has 1 aliphatic rings. The van der Waals surface area contributed by atoms with E-state index in [0.717, 1.165) is 37.1 Å². The SMILES string of the molecule is Cc1ccc(NC(=O)C2CCCNC2)c(C)c1O.Cl. The van der Waals surface area contributed by atoms with Crippen molar-refractivity contribution in [1.82, 2.24) is 5.32 Å². The molecular formula is C14H21ClN2O2. The van der Waals surface area contributed by atoms with Crippen molar-refractivity contribution in [2.24, 2.45) is 5.92 Å². The highest BCUT2D eigenvalue weighted by Crippen LogP contribution is 2.28. The van der Waals surface area contributed by atoms with Crippen LogP contribution in [-0.2, 0) is 4.79 Å². The van der Waals surface area contributed by atoms with Gasteiger partial charge in [0.15, 0.2) is 0 Å². The molecule has 1 aromatic carbocycles. The number of phenols is 1. The Morgan fingerprint density at radius 1 is 1.42 bits per heavy atom. The molecule has 1 atom stereocenters. The lowest BCUT2D eigenvalue weighted by molar-refractivity contribution is -0.120. The molecule has 0 bridgehead atoms. The first kappa shape index (κ1) is 15.8. The third-order valence-electron chi connectivity index (χ3n) is 3.56. The van der Waals surface area contributed by atoms with Crippen molar-refractivity contribution in [3.8, 4) is 5.75 Å². The number of piperidine rings is 1. The maximum absolute atomic E-state index is 12.1. The van der Waals surface area contributed by atoms with E-state index in [9.17, 15) is 9.90 Å². The summed E-state index contributed by atoms with van der Waals surface area (Å²) >= 11 is 0. The zero-order valence-corrected chi connectivity index (χ0v) is 12.1. The molecule has 1 heterocycles. The molecule has 1 amide bonds. The Labute approximate surface area is 120 Å². The number of aromatic hydroxyl groups is 1. The molecule has 1 aromatic rings. The quantitative estimate of drug-likeness (QED) is 0.781. The van der Waals surface area contributed by atoms with Gasteiger partial charge in [-0.25, -0.2) is 0 Å².